The van der Waals surface area contributed by atoms with Crippen LogP contribution in [0.1, 0.15) is 16.8 Å². The molecule has 0 aliphatic rings. The maximum Gasteiger partial charge on any atom is 0.246 e. The molecule has 2 rings (SSSR count). The van der Waals surface area contributed by atoms with Gasteiger partial charge in [-0.25, -0.2) is 4.98 Å². The molecule has 0 spiro atoms. The molecular weight excluding hydrogens is 392 g/mol. The fourth-order valence-corrected chi connectivity index (χ4v) is 2.58. The van der Waals surface area contributed by atoms with E-state index in [9.17, 15) is 10.1 Å². The van der Waals surface area contributed by atoms with Gasteiger partial charge in [0.15, 0.2) is 0 Å². The topological polar surface area (TPSA) is 69.0 Å². The number of aryl methyl sites for hydroxylation is 1. The van der Waals surface area contributed by atoms with Gasteiger partial charge < -0.3 is 10.2 Å². The van der Waals surface area contributed by atoms with E-state index in [1.165, 1.54) is 0 Å². The first-order chi connectivity index (χ1) is 11.3. The van der Waals surface area contributed by atoms with Crippen molar-refractivity contribution in [3.05, 3.63) is 50.6 Å². The van der Waals surface area contributed by atoms with Crippen LogP contribution in [0.25, 0.3) is 0 Å². The molecule has 1 N–H and O–H groups in total. The Morgan fingerprint density at radius 2 is 2.00 bits per heavy atom. The van der Waals surface area contributed by atoms with E-state index in [1.54, 1.807) is 25.8 Å². The second-order valence-corrected chi connectivity index (χ2v) is 6.55. The van der Waals surface area contributed by atoms with Crippen LogP contribution in [0.5, 0.6) is 0 Å². The van der Waals surface area contributed by atoms with E-state index in [1.807, 2.05) is 24.3 Å². The average molecular weight is 408 g/mol. The van der Waals surface area contributed by atoms with Crippen LogP contribution in [0.4, 0.5) is 11.5 Å². The van der Waals surface area contributed by atoms with Crippen LogP contribution in [0.3, 0.4) is 0 Å². The zero-order valence-electron chi connectivity index (χ0n) is 13.5. The summed E-state index contributed by atoms with van der Waals surface area (Å²) in [4.78, 5) is 18.2. The molecule has 0 unspecified atom stereocenters. The van der Waals surface area contributed by atoms with E-state index in [2.05, 4.69) is 32.3 Å². The molecule has 5 nitrogen and oxygen atoms in total. The highest BCUT2D eigenvalue weighted by Crippen LogP contribution is 2.26. The van der Waals surface area contributed by atoms with Gasteiger partial charge in [-0.2, -0.15) is 5.26 Å². The molecule has 1 heterocycles. The van der Waals surface area contributed by atoms with Gasteiger partial charge in [0.05, 0.1) is 22.8 Å². The number of halogens is 2. The van der Waals surface area contributed by atoms with Crippen LogP contribution < -0.4 is 10.2 Å². The summed E-state index contributed by atoms with van der Waals surface area (Å²) in [6.45, 7) is 3.54. The van der Waals surface area contributed by atoms with Crippen LogP contribution >= 0.6 is 27.5 Å². The van der Waals surface area contributed by atoms with Gasteiger partial charge in [0, 0.05) is 17.2 Å². The molecular formula is C17H16BrClN4O. The maximum absolute atomic E-state index is 12.4. The van der Waals surface area contributed by atoms with E-state index in [4.69, 9.17) is 11.6 Å². The van der Waals surface area contributed by atoms with Crippen molar-refractivity contribution in [2.24, 2.45) is 0 Å². The number of rotatable bonds is 4. The molecule has 0 fully saturated rings. The van der Waals surface area contributed by atoms with Crippen molar-refractivity contribution >= 4 is 44.9 Å². The van der Waals surface area contributed by atoms with Crippen molar-refractivity contribution in [3.63, 3.8) is 0 Å². The Morgan fingerprint density at radius 3 is 2.58 bits per heavy atom. The van der Waals surface area contributed by atoms with Crippen molar-refractivity contribution in [3.8, 4) is 6.07 Å². The number of anilines is 2. The number of carbonyl (C=O) groups excluding carboxylic acids is 1. The lowest BCUT2D eigenvalue weighted by atomic mass is 10.1. The first-order valence-corrected chi connectivity index (χ1v) is 8.35. The van der Waals surface area contributed by atoms with Gasteiger partial charge >= 0.3 is 0 Å². The molecule has 1 amide bonds. The standard InChI is InChI=1S/C17H16BrClN4O/c1-10-14(8-20)17(22-11(2)16(10)19)21-9-15(24)23(3)13-6-4-12(18)5-7-13/h4-7H,9H2,1-3H3,(H,21,22). The lowest BCUT2D eigenvalue weighted by Crippen LogP contribution is -2.32. The third kappa shape index (κ3) is 3.86. The van der Waals surface area contributed by atoms with Crippen LogP contribution in [0, 0.1) is 25.2 Å². The minimum Gasteiger partial charge on any atom is -0.360 e. The van der Waals surface area contributed by atoms with Crippen LogP contribution in [-0.4, -0.2) is 24.5 Å². The fraction of sp³-hybridized carbons (Fsp3) is 0.235. The summed E-state index contributed by atoms with van der Waals surface area (Å²) in [5.41, 5.74) is 2.40. The summed E-state index contributed by atoms with van der Waals surface area (Å²) in [7, 11) is 1.70. The average Bonchev–Trinajstić information content (AvgIpc) is 2.57. The summed E-state index contributed by atoms with van der Waals surface area (Å²) >= 11 is 9.48. The van der Waals surface area contributed by atoms with Gasteiger partial charge in [-0.05, 0) is 43.7 Å². The summed E-state index contributed by atoms with van der Waals surface area (Å²) in [6.07, 6.45) is 0. The minimum atomic E-state index is -0.145. The Bertz CT molecular complexity index is 815. The van der Waals surface area contributed by atoms with E-state index >= 15 is 0 Å². The third-order valence-electron chi connectivity index (χ3n) is 3.65. The molecule has 0 radical (unpaired) electrons. The van der Waals surface area contributed by atoms with Gasteiger partial charge in [-0.1, -0.05) is 27.5 Å². The smallest absolute Gasteiger partial charge is 0.246 e. The quantitative estimate of drug-likeness (QED) is 0.830. The first kappa shape index (κ1) is 18.2. The highest BCUT2D eigenvalue weighted by Gasteiger charge is 2.16. The second-order valence-electron chi connectivity index (χ2n) is 5.25. The van der Waals surface area contributed by atoms with E-state index in [-0.39, 0.29) is 12.5 Å². The number of pyridine rings is 1. The number of nitrogens with zero attached hydrogens (tertiary/aromatic N) is 3. The molecule has 1 aromatic heterocycles. The maximum atomic E-state index is 12.4. The summed E-state index contributed by atoms with van der Waals surface area (Å²) in [6, 6.07) is 9.51. The zero-order valence-corrected chi connectivity index (χ0v) is 15.9. The van der Waals surface area contributed by atoms with E-state index in [0.29, 0.717) is 27.7 Å². The van der Waals surface area contributed by atoms with Crippen molar-refractivity contribution in [2.45, 2.75) is 13.8 Å². The van der Waals surface area contributed by atoms with Crippen LogP contribution in [0.2, 0.25) is 5.02 Å². The van der Waals surface area contributed by atoms with Gasteiger partial charge in [0.25, 0.3) is 0 Å². The number of nitriles is 1. The molecule has 0 bridgehead atoms. The van der Waals surface area contributed by atoms with Crippen molar-refractivity contribution in [1.82, 2.24) is 4.98 Å². The number of aromatic nitrogens is 1. The summed E-state index contributed by atoms with van der Waals surface area (Å²) in [5.74, 6) is 0.225. The Kier molecular flexibility index (Phi) is 5.81. The monoisotopic (exact) mass is 406 g/mol. The molecule has 0 atom stereocenters. The Balaban J connectivity index is 2.15. The molecule has 124 valence electrons. The Morgan fingerprint density at radius 1 is 1.38 bits per heavy atom. The van der Waals surface area contributed by atoms with Crippen molar-refractivity contribution < 1.29 is 4.79 Å². The lowest BCUT2D eigenvalue weighted by molar-refractivity contribution is -0.116. The summed E-state index contributed by atoms with van der Waals surface area (Å²) in [5, 5.41) is 12.7. The molecule has 0 saturated heterocycles. The number of benzene rings is 1. The molecule has 0 aliphatic heterocycles. The molecule has 1 aromatic carbocycles. The van der Waals surface area contributed by atoms with E-state index in [0.717, 1.165) is 10.2 Å². The first-order valence-electron chi connectivity index (χ1n) is 7.18. The molecule has 2 aromatic rings. The predicted octanol–water partition coefficient (Wildman–Crippen LogP) is 4.06. The number of likely N-dealkylation sites (N-methyl/N-ethyl adjacent to an activating group) is 1. The number of nitrogens with one attached hydrogen (secondary N) is 1. The van der Waals surface area contributed by atoms with Gasteiger partial charge in [0.1, 0.15) is 11.9 Å². The fourth-order valence-electron chi connectivity index (χ4n) is 2.18. The van der Waals surface area contributed by atoms with Crippen LogP contribution in [-0.2, 0) is 4.79 Å². The van der Waals surface area contributed by atoms with Gasteiger partial charge in [-0.15, -0.1) is 0 Å². The Labute approximate surface area is 154 Å². The highest BCUT2D eigenvalue weighted by atomic mass is 79.9. The predicted molar refractivity (Wildman–Crippen MR) is 99.5 cm³/mol. The van der Waals surface area contributed by atoms with Gasteiger partial charge in [0.2, 0.25) is 5.91 Å². The summed E-state index contributed by atoms with van der Waals surface area (Å²) < 4.78 is 0.945. The second kappa shape index (κ2) is 7.65. The normalized spacial score (nSPS) is 10.2. The zero-order chi connectivity index (χ0) is 17.9. The van der Waals surface area contributed by atoms with Crippen molar-refractivity contribution in [1.29, 1.82) is 5.26 Å². The van der Waals surface area contributed by atoms with Gasteiger partial charge in [-0.3, -0.25) is 4.79 Å². The molecule has 24 heavy (non-hydrogen) atoms. The molecule has 0 aliphatic carbocycles. The number of amides is 1. The molecule has 0 saturated carbocycles. The van der Waals surface area contributed by atoms with Crippen molar-refractivity contribution in [2.75, 3.05) is 23.8 Å². The number of hydrogen-bond acceptors (Lipinski definition) is 4. The number of hydrogen-bond donors (Lipinski definition) is 1. The highest BCUT2D eigenvalue weighted by molar-refractivity contribution is 9.10. The SMILES string of the molecule is Cc1nc(NCC(=O)N(C)c2ccc(Br)cc2)c(C#N)c(C)c1Cl. The van der Waals surface area contributed by atoms with E-state index < -0.39 is 0 Å². The minimum absolute atomic E-state index is 0.0226. The Hall–Kier alpha value is -2.10. The van der Waals surface area contributed by atoms with Crippen LogP contribution in [0.15, 0.2) is 28.7 Å². The third-order valence-corrected chi connectivity index (χ3v) is 4.73. The largest absolute Gasteiger partial charge is 0.360 e. The lowest BCUT2D eigenvalue weighted by Gasteiger charge is -2.18. The number of carbonyl (C=O) groups is 1. The molecule has 7 heteroatoms.